The van der Waals surface area contributed by atoms with Crippen LogP contribution < -0.4 is 5.73 Å². The van der Waals surface area contributed by atoms with Crippen LogP contribution in [-0.2, 0) is 6.54 Å². The molecule has 0 saturated carbocycles. The maximum atomic E-state index is 6.04. The quantitative estimate of drug-likeness (QED) is 0.627. The van der Waals surface area contributed by atoms with E-state index in [4.69, 9.17) is 5.73 Å². The zero-order valence-electron chi connectivity index (χ0n) is 10.3. The predicted molar refractivity (Wildman–Crippen MR) is 71.8 cm³/mol. The van der Waals surface area contributed by atoms with Crippen molar-refractivity contribution < 1.29 is 0 Å². The highest BCUT2D eigenvalue weighted by molar-refractivity contribution is 5.78. The van der Waals surface area contributed by atoms with Crippen LogP contribution in [0.15, 0.2) is 35.3 Å². The third kappa shape index (κ3) is 3.77. The summed E-state index contributed by atoms with van der Waals surface area (Å²) >= 11 is 0. The van der Waals surface area contributed by atoms with Gasteiger partial charge in [-0.05, 0) is 18.4 Å². The molecule has 92 valence electrons. The summed E-state index contributed by atoms with van der Waals surface area (Å²) in [7, 11) is 0. The van der Waals surface area contributed by atoms with Gasteiger partial charge in [-0.3, -0.25) is 0 Å². The highest BCUT2D eigenvalue weighted by Gasteiger charge is 2.10. The van der Waals surface area contributed by atoms with Crippen molar-refractivity contribution in [2.45, 2.75) is 32.2 Å². The number of hydrogen-bond donors (Lipinski definition) is 1. The zero-order chi connectivity index (χ0) is 11.9. The molecular formula is C14H21N3. The summed E-state index contributed by atoms with van der Waals surface area (Å²) in [6.07, 6.45) is 5.12. The molecule has 1 saturated heterocycles. The average Bonchev–Trinajstić information content (AvgIpc) is 2.66. The largest absolute Gasteiger partial charge is 0.370 e. The summed E-state index contributed by atoms with van der Waals surface area (Å²) < 4.78 is 0. The second-order valence-corrected chi connectivity index (χ2v) is 4.56. The molecule has 1 aliphatic rings. The van der Waals surface area contributed by atoms with Gasteiger partial charge < -0.3 is 10.6 Å². The normalized spacial score (nSPS) is 17.9. The first-order chi connectivity index (χ1) is 8.36. The summed E-state index contributed by atoms with van der Waals surface area (Å²) in [5.74, 6) is 0.704. The average molecular weight is 231 g/mol. The van der Waals surface area contributed by atoms with E-state index in [-0.39, 0.29) is 0 Å². The number of rotatable bonds is 2. The van der Waals surface area contributed by atoms with Crippen molar-refractivity contribution >= 4 is 5.96 Å². The molecule has 1 aromatic rings. The molecule has 0 unspecified atom stereocenters. The van der Waals surface area contributed by atoms with Crippen LogP contribution in [0.5, 0.6) is 0 Å². The topological polar surface area (TPSA) is 41.6 Å². The molecule has 0 amide bonds. The lowest BCUT2D eigenvalue weighted by atomic mass is 10.2. The summed E-state index contributed by atoms with van der Waals surface area (Å²) in [5, 5.41) is 0. The molecular weight excluding hydrogens is 210 g/mol. The summed E-state index contributed by atoms with van der Waals surface area (Å²) in [6, 6.07) is 10.3. The maximum absolute atomic E-state index is 6.04. The van der Waals surface area contributed by atoms with Crippen LogP contribution in [0.2, 0.25) is 0 Å². The van der Waals surface area contributed by atoms with Crippen LogP contribution in [0, 0.1) is 0 Å². The summed E-state index contributed by atoms with van der Waals surface area (Å²) in [5.41, 5.74) is 7.25. The van der Waals surface area contributed by atoms with Crippen molar-refractivity contribution in [1.82, 2.24) is 4.90 Å². The third-order valence-electron chi connectivity index (χ3n) is 3.20. The molecule has 17 heavy (non-hydrogen) atoms. The molecule has 0 radical (unpaired) electrons. The van der Waals surface area contributed by atoms with E-state index in [1.165, 1.54) is 31.2 Å². The fraction of sp³-hybridized carbons (Fsp3) is 0.500. The molecule has 0 aliphatic carbocycles. The van der Waals surface area contributed by atoms with E-state index in [2.05, 4.69) is 22.0 Å². The molecule has 1 aliphatic heterocycles. The fourth-order valence-corrected chi connectivity index (χ4v) is 2.16. The maximum Gasteiger partial charge on any atom is 0.191 e. The lowest BCUT2D eigenvalue weighted by Crippen LogP contribution is -2.38. The van der Waals surface area contributed by atoms with Gasteiger partial charge in [0.15, 0.2) is 5.96 Å². The number of hydrogen-bond acceptors (Lipinski definition) is 1. The molecule has 3 heteroatoms. The second-order valence-electron chi connectivity index (χ2n) is 4.56. The van der Waals surface area contributed by atoms with Crippen LogP contribution in [0.4, 0.5) is 0 Å². The van der Waals surface area contributed by atoms with E-state index < -0.39 is 0 Å². The number of aliphatic imine (C=N–C) groups is 1. The minimum Gasteiger partial charge on any atom is -0.370 e. The van der Waals surface area contributed by atoms with E-state index in [0.717, 1.165) is 13.1 Å². The van der Waals surface area contributed by atoms with Crippen molar-refractivity contribution in [3.8, 4) is 0 Å². The van der Waals surface area contributed by atoms with Crippen molar-refractivity contribution in [3.05, 3.63) is 35.9 Å². The standard InChI is InChI=1S/C14H21N3/c15-14(17-10-6-1-2-7-11-17)16-12-13-8-4-3-5-9-13/h3-5,8-9H,1-2,6-7,10-12H2,(H2,15,16). The smallest absolute Gasteiger partial charge is 0.191 e. The van der Waals surface area contributed by atoms with Crippen molar-refractivity contribution in [1.29, 1.82) is 0 Å². The molecule has 1 aromatic carbocycles. The minimum atomic E-state index is 0.684. The molecule has 3 nitrogen and oxygen atoms in total. The molecule has 1 heterocycles. The minimum absolute atomic E-state index is 0.684. The van der Waals surface area contributed by atoms with E-state index >= 15 is 0 Å². The van der Waals surface area contributed by atoms with E-state index in [1.54, 1.807) is 0 Å². The Bertz CT molecular complexity index is 351. The first kappa shape index (κ1) is 12.0. The molecule has 0 bridgehead atoms. The number of likely N-dealkylation sites (tertiary alicyclic amines) is 1. The highest BCUT2D eigenvalue weighted by atomic mass is 15.2. The van der Waals surface area contributed by atoms with Gasteiger partial charge in [-0.25, -0.2) is 4.99 Å². The Hall–Kier alpha value is -1.51. The van der Waals surface area contributed by atoms with E-state index in [9.17, 15) is 0 Å². The van der Waals surface area contributed by atoms with Crippen molar-refractivity contribution in [2.24, 2.45) is 10.7 Å². The Morgan fingerprint density at radius 1 is 1.06 bits per heavy atom. The molecule has 1 fully saturated rings. The van der Waals surface area contributed by atoms with Crippen LogP contribution in [-0.4, -0.2) is 23.9 Å². The predicted octanol–water partition coefficient (Wildman–Crippen LogP) is 2.38. The molecule has 0 spiro atoms. The Balaban J connectivity index is 1.91. The van der Waals surface area contributed by atoms with Crippen LogP contribution >= 0.6 is 0 Å². The number of guanidine groups is 1. The lowest BCUT2D eigenvalue weighted by molar-refractivity contribution is 0.428. The Morgan fingerprint density at radius 3 is 2.35 bits per heavy atom. The Kier molecular flexibility index (Phi) is 4.42. The number of benzene rings is 1. The van der Waals surface area contributed by atoms with E-state index in [0.29, 0.717) is 12.5 Å². The van der Waals surface area contributed by atoms with Gasteiger partial charge in [0.25, 0.3) is 0 Å². The number of nitrogens with two attached hydrogens (primary N) is 1. The van der Waals surface area contributed by atoms with Gasteiger partial charge in [-0.2, -0.15) is 0 Å². The van der Waals surface area contributed by atoms with E-state index in [1.807, 2.05) is 18.2 Å². The highest BCUT2D eigenvalue weighted by Crippen LogP contribution is 2.09. The van der Waals surface area contributed by atoms with Crippen LogP contribution in [0.25, 0.3) is 0 Å². The monoisotopic (exact) mass is 231 g/mol. The van der Waals surface area contributed by atoms with Crippen LogP contribution in [0.1, 0.15) is 31.2 Å². The van der Waals surface area contributed by atoms with Crippen molar-refractivity contribution in [3.63, 3.8) is 0 Å². The zero-order valence-corrected chi connectivity index (χ0v) is 10.3. The first-order valence-electron chi connectivity index (χ1n) is 6.45. The summed E-state index contributed by atoms with van der Waals surface area (Å²) in [6.45, 7) is 2.80. The second kappa shape index (κ2) is 6.28. The third-order valence-corrected chi connectivity index (χ3v) is 3.20. The fourth-order valence-electron chi connectivity index (χ4n) is 2.16. The van der Waals surface area contributed by atoms with Gasteiger partial charge in [0.2, 0.25) is 0 Å². The van der Waals surface area contributed by atoms with Crippen LogP contribution in [0.3, 0.4) is 0 Å². The summed E-state index contributed by atoms with van der Waals surface area (Å²) in [4.78, 5) is 6.70. The van der Waals surface area contributed by atoms with Gasteiger partial charge in [0.1, 0.15) is 0 Å². The lowest BCUT2D eigenvalue weighted by Gasteiger charge is -2.21. The van der Waals surface area contributed by atoms with Gasteiger partial charge >= 0.3 is 0 Å². The first-order valence-corrected chi connectivity index (χ1v) is 6.45. The SMILES string of the molecule is NC(=NCc1ccccc1)N1CCCCCC1. The van der Waals surface area contributed by atoms with Gasteiger partial charge in [0.05, 0.1) is 6.54 Å². The van der Waals surface area contributed by atoms with Gasteiger partial charge in [0, 0.05) is 13.1 Å². The Labute approximate surface area is 103 Å². The molecule has 0 aromatic heterocycles. The van der Waals surface area contributed by atoms with Gasteiger partial charge in [-0.15, -0.1) is 0 Å². The Morgan fingerprint density at radius 2 is 1.71 bits per heavy atom. The number of nitrogens with zero attached hydrogens (tertiary/aromatic N) is 2. The molecule has 0 atom stereocenters. The van der Waals surface area contributed by atoms with Gasteiger partial charge in [-0.1, -0.05) is 43.2 Å². The van der Waals surface area contributed by atoms with Crippen molar-refractivity contribution in [2.75, 3.05) is 13.1 Å². The molecule has 2 N–H and O–H groups in total. The molecule has 2 rings (SSSR count).